The summed E-state index contributed by atoms with van der Waals surface area (Å²) < 4.78 is 39.1. The molecule has 1 aromatic rings. The Hall–Kier alpha value is -1.33. The van der Waals surface area contributed by atoms with Crippen molar-refractivity contribution in [3.05, 3.63) is 38.5 Å². The number of benzene rings is 1. The van der Waals surface area contributed by atoms with Crippen molar-refractivity contribution in [2.45, 2.75) is 45.8 Å². The first kappa shape index (κ1) is 25.7. The van der Waals surface area contributed by atoms with Crippen molar-refractivity contribution in [1.82, 2.24) is 0 Å². The summed E-state index contributed by atoms with van der Waals surface area (Å²) in [5.74, 6) is -3.98. The van der Waals surface area contributed by atoms with Gasteiger partial charge >= 0.3 is 5.97 Å². The fourth-order valence-corrected chi connectivity index (χ4v) is 3.64. The largest absolute Gasteiger partial charge is 0.506 e. The number of aliphatic hydroxyl groups is 1. The smallest absolute Gasteiger partial charge is 0.343 e. The van der Waals surface area contributed by atoms with Gasteiger partial charge in [0.25, 0.3) is 0 Å². The Bertz CT molecular complexity index is 804. The molecule has 0 aliphatic carbocycles. The van der Waals surface area contributed by atoms with E-state index >= 15 is 0 Å². The van der Waals surface area contributed by atoms with Crippen LogP contribution in [0.1, 0.15) is 33.3 Å². The lowest BCUT2D eigenvalue weighted by molar-refractivity contribution is -0.137. The molecule has 0 atom stereocenters. The molecule has 1 N–H and O–H groups in total. The SMILES string of the molecule is CCOC(=O)/C(C=NCCO[Si](C)(C)C(C)(C)C)=C(\O)c1cc(I)cc(F)c1F. The maximum absolute atomic E-state index is 14.1. The van der Waals surface area contributed by atoms with E-state index in [1.807, 2.05) is 0 Å². The van der Waals surface area contributed by atoms with Crippen LogP contribution >= 0.6 is 22.6 Å². The molecule has 0 aliphatic heterocycles. The number of rotatable bonds is 8. The van der Waals surface area contributed by atoms with Crippen LogP contribution in [0.25, 0.3) is 5.76 Å². The van der Waals surface area contributed by atoms with Crippen LogP contribution < -0.4 is 0 Å². The fraction of sp³-hybridized carbons (Fsp3) is 0.500. The van der Waals surface area contributed by atoms with Gasteiger partial charge in [0.15, 0.2) is 20.0 Å². The first-order chi connectivity index (χ1) is 13.3. The van der Waals surface area contributed by atoms with Gasteiger partial charge in [-0.2, -0.15) is 0 Å². The molecule has 0 saturated carbocycles. The van der Waals surface area contributed by atoms with Gasteiger partial charge in [-0.15, -0.1) is 0 Å². The summed E-state index contributed by atoms with van der Waals surface area (Å²) in [7, 11) is -1.93. The number of nitrogens with zero attached hydrogens (tertiary/aromatic N) is 1. The van der Waals surface area contributed by atoms with Crippen molar-refractivity contribution >= 4 is 48.9 Å². The molecule has 9 heteroatoms. The zero-order valence-electron chi connectivity index (χ0n) is 17.6. The summed E-state index contributed by atoms with van der Waals surface area (Å²) in [6, 6.07) is 2.23. The Balaban J connectivity index is 3.10. The molecule has 0 amide bonds. The van der Waals surface area contributed by atoms with Crippen LogP contribution in [0.4, 0.5) is 8.78 Å². The lowest BCUT2D eigenvalue weighted by Crippen LogP contribution is -2.41. The number of aliphatic imine (C=N–C) groups is 1. The predicted molar refractivity (Wildman–Crippen MR) is 122 cm³/mol. The number of halogens is 3. The van der Waals surface area contributed by atoms with E-state index in [1.54, 1.807) is 29.5 Å². The molecule has 0 aliphatic rings. The molecule has 0 saturated heterocycles. The molecule has 5 nitrogen and oxygen atoms in total. The third kappa shape index (κ3) is 7.14. The topological polar surface area (TPSA) is 68.1 Å². The maximum atomic E-state index is 14.1. The van der Waals surface area contributed by atoms with Gasteiger partial charge in [0.1, 0.15) is 11.3 Å². The molecule has 0 unspecified atom stereocenters. The van der Waals surface area contributed by atoms with Crippen LogP contribution in [0.2, 0.25) is 18.1 Å². The summed E-state index contributed by atoms with van der Waals surface area (Å²) >= 11 is 1.79. The Kier molecular flexibility index (Phi) is 9.42. The highest BCUT2D eigenvalue weighted by molar-refractivity contribution is 14.1. The predicted octanol–water partition coefficient (Wildman–Crippen LogP) is 5.49. The van der Waals surface area contributed by atoms with Crippen molar-refractivity contribution in [1.29, 1.82) is 0 Å². The molecular formula is C20H28F2INO4Si. The molecule has 0 fully saturated rings. The minimum atomic E-state index is -1.93. The van der Waals surface area contributed by atoms with E-state index in [-0.39, 0.29) is 23.8 Å². The highest BCUT2D eigenvalue weighted by Gasteiger charge is 2.36. The van der Waals surface area contributed by atoms with E-state index in [9.17, 15) is 18.7 Å². The van der Waals surface area contributed by atoms with Crippen molar-refractivity contribution in [2.75, 3.05) is 19.8 Å². The van der Waals surface area contributed by atoms with E-state index in [2.05, 4.69) is 38.9 Å². The van der Waals surface area contributed by atoms with Crippen molar-refractivity contribution in [2.24, 2.45) is 4.99 Å². The third-order valence-electron chi connectivity index (χ3n) is 4.71. The zero-order chi connectivity index (χ0) is 22.4. The maximum Gasteiger partial charge on any atom is 0.343 e. The first-order valence-electron chi connectivity index (χ1n) is 9.21. The van der Waals surface area contributed by atoms with Crippen LogP contribution in [0.3, 0.4) is 0 Å². The number of aliphatic hydroxyl groups excluding tert-OH is 1. The second-order valence-electron chi connectivity index (χ2n) is 7.88. The van der Waals surface area contributed by atoms with Crippen molar-refractivity contribution in [3.63, 3.8) is 0 Å². The number of carbonyl (C=O) groups is 1. The average Bonchev–Trinajstić information content (AvgIpc) is 2.59. The van der Waals surface area contributed by atoms with E-state index in [4.69, 9.17) is 9.16 Å². The Morgan fingerprint density at radius 2 is 1.93 bits per heavy atom. The van der Waals surface area contributed by atoms with Crippen LogP contribution in [0, 0.1) is 15.2 Å². The first-order valence-corrected chi connectivity index (χ1v) is 13.2. The highest BCUT2D eigenvalue weighted by Crippen LogP contribution is 2.36. The molecule has 0 bridgehead atoms. The molecule has 0 spiro atoms. The Morgan fingerprint density at radius 1 is 1.31 bits per heavy atom. The lowest BCUT2D eigenvalue weighted by Gasteiger charge is -2.35. The third-order valence-corrected chi connectivity index (χ3v) is 9.87. The molecule has 29 heavy (non-hydrogen) atoms. The number of esters is 1. The number of hydrogen-bond donors (Lipinski definition) is 1. The van der Waals surface area contributed by atoms with Crippen LogP contribution in [0.15, 0.2) is 22.7 Å². The highest BCUT2D eigenvalue weighted by atomic mass is 127. The molecule has 1 rings (SSSR count). The minimum absolute atomic E-state index is 0.0526. The molecule has 1 aromatic carbocycles. The summed E-state index contributed by atoms with van der Waals surface area (Å²) in [6.45, 7) is 12.8. The molecular weight excluding hydrogens is 511 g/mol. The van der Waals surface area contributed by atoms with Gasteiger partial charge in [0.05, 0.1) is 25.3 Å². The summed E-state index contributed by atoms with van der Waals surface area (Å²) in [4.78, 5) is 16.3. The van der Waals surface area contributed by atoms with Crippen LogP contribution in [0.5, 0.6) is 0 Å². The number of hydrogen-bond acceptors (Lipinski definition) is 5. The molecule has 0 aromatic heterocycles. The van der Waals surface area contributed by atoms with Crippen molar-refractivity contribution < 1.29 is 27.8 Å². The van der Waals surface area contributed by atoms with E-state index in [0.29, 0.717) is 10.2 Å². The lowest BCUT2D eigenvalue weighted by atomic mass is 10.1. The van der Waals surface area contributed by atoms with Crippen LogP contribution in [-0.4, -0.2) is 45.4 Å². The summed E-state index contributed by atoms with van der Waals surface area (Å²) in [6.07, 6.45) is 1.11. The normalized spacial score (nSPS) is 13.6. The van der Waals surface area contributed by atoms with Gasteiger partial charge in [-0.05, 0) is 59.8 Å². The standard InChI is InChI=1S/C20H28F2INO4Si/c1-7-27-19(26)15(12-24-8-9-28-29(5,6)20(2,3)4)18(25)14-10-13(23)11-16(21)17(14)22/h10-12,25H,7-9H2,1-6H3/b18-15-,24-12?. The molecule has 162 valence electrons. The monoisotopic (exact) mass is 539 g/mol. The summed E-state index contributed by atoms with van der Waals surface area (Å²) in [5.41, 5.74) is -0.777. The fourth-order valence-electron chi connectivity index (χ4n) is 2.02. The van der Waals surface area contributed by atoms with Crippen molar-refractivity contribution in [3.8, 4) is 0 Å². The quantitative estimate of drug-likeness (QED) is 0.0693. The minimum Gasteiger partial charge on any atom is -0.506 e. The average molecular weight is 539 g/mol. The van der Waals surface area contributed by atoms with Gasteiger partial charge in [0, 0.05) is 9.78 Å². The Morgan fingerprint density at radius 3 is 2.48 bits per heavy atom. The van der Waals surface area contributed by atoms with Gasteiger partial charge < -0.3 is 14.3 Å². The number of carbonyl (C=O) groups excluding carboxylic acids is 1. The zero-order valence-corrected chi connectivity index (χ0v) is 20.8. The Labute approximate surface area is 185 Å². The van der Waals surface area contributed by atoms with Crippen LogP contribution in [-0.2, 0) is 14.0 Å². The molecule has 0 radical (unpaired) electrons. The van der Waals surface area contributed by atoms with Gasteiger partial charge in [0.2, 0.25) is 0 Å². The van der Waals surface area contributed by atoms with E-state index in [1.165, 1.54) is 6.07 Å². The van der Waals surface area contributed by atoms with E-state index < -0.39 is 37.2 Å². The molecule has 0 heterocycles. The van der Waals surface area contributed by atoms with Gasteiger partial charge in [-0.3, -0.25) is 4.99 Å². The van der Waals surface area contributed by atoms with Gasteiger partial charge in [-0.1, -0.05) is 20.8 Å². The second kappa shape index (κ2) is 10.6. The number of ether oxygens (including phenoxy) is 1. The summed E-state index contributed by atoms with van der Waals surface area (Å²) in [5, 5.41) is 10.5. The second-order valence-corrected chi connectivity index (χ2v) is 13.9. The van der Waals surface area contributed by atoms with E-state index in [0.717, 1.165) is 12.3 Å². The van der Waals surface area contributed by atoms with Gasteiger partial charge in [-0.25, -0.2) is 13.6 Å².